The minimum Gasteiger partial charge on any atom is -0.296 e. The molecule has 3 aromatic rings. The van der Waals surface area contributed by atoms with Crippen LogP contribution in [0.1, 0.15) is 5.56 Å². The monoisotopic (exact) mass is 362 g/mol. The van der Waals surface area contributed by atoms with Crippen molar-refractivity contribution in [2.75, 3.05) is 0 Å². The zero-order chi connectivity index (χ0) is 15.9. The molecule has 0 N–H and O–H groups in total. The molecule has 1 aromatic heterocycles. The lowest BCUT2D eigenvalue weighted by Crippen LogP contribution is -2.39. The van der Waals surface area contributed by atoms with Crippen molar-refractivity contribution in [3.63, 3.8) is 0 Å². The first-order valence-corrected chi connectivity index (χ1v) is 7.40. The molecule has 0 bridgehead atoms. The maximum atomic E-state index is 13.3. The molecule has 22 heavy (non-hydrogen) atoms. The third-order valence-corrected chi connectivity index (χ3v) is 4.10. The Morgan fingerprint density at radius 3 is 2.45 bits per heavy atom. The van der Waals surface area contributed by atoms with Crippen LogP contribution in [0.25, 0.3) is 10.9 Å². The molecule has 0 aliphatic heterocycles. The van der Waals surface area contributed by atoms with E-state index in [9.17, 15) is 14.0 Å². The van der Waals surface area contributed by atoms with Gasteiger partial charge in [0.15, 0.2) is 0 Å². The molecule has 0 amide bonds. The molecule has 2 aromatic carbocycles. The lowest BCUT2D eigenvalue weighted by Gasteiger charge is -2.11. The second kappa shape index (κ2) is 5.53. The van der Waals surface area contributed by atoms with Crippen molar-refractivity contribution < 1.29 is 4.39 Å². The van der Waals surface area contributed by atoms with E-state index >= 15 is 0 Å². The number of fused-ring (bicyclic) bond motifs is 1. The highest BCUT2D eigenvalue weighted by atomic mass is 79.9. The van der Waals surface area contributed by atoms with E-state index in [0.29, 0.717) is 10.9 Å². The van der Waals surface area contributed by atoms with Gasteiger partial charge in [-0.25, -0.2) is 9.18 Å². The summed E-state index contributed by atoms with van der Waals surface area (Å²) in [6.07, 6.45) is 0. The van der Waals surface area contributed by atoms with Gasteiger partial charge in [-0.2, -0.15) is 0 Å². The molecule has 0 saturated carbocycles. The van der Waals surface area contributed by atoms with Gasteiger partial charge in [0, 0.05) is 11.5 Å². The van der Waals surface area contributed by atoms with Gasteiger partial charge in [0.2, 0.25) is 0 Å². The van der Waals surface area contributed by atoms with Crippen LogP contribution in [0.15, 0.2) is 56.5 Å². The first-order valence-electron chi connectivity index (χ1n) is 6.61. The number of rotatable bonds is 2. The van der Waals surface area contributed by atoms with Crippen LogP contribution in [0.4, 0.5) is 4.39 Å². The van der Waals surface area contributed by atoms with Crippen LogP contribution < -0.4 is 11.2 Å². The molecule has 0 atom stereocenters. The molecule has 0 saturated heterocycles. The molecule has 0 unspecified atom stereocenters. The van der Waals surface area contributed by atoms with Crippen molar-refractivity contribution in [1.29, 1.82) is 0 Å². The van der Waals surface area contributed by atoms with Gasteiger partial charge in [-0.3, -0.25) is 13.9 Å². The molecule has 0 fully saturated rings. The average molecular weight is 363 g/mol. The van der Waals surface area contributed by atoms with E-state index in [1.807, 2.05) is 24.3 Å². The number of benzene rings is 2. The zero-order valence-corrected chi connectivity index (χ0v) is 13.3. The topological polar surface area (TPSA) is 44.0 Å². The number of hydrogen-bond donors (Lipinski definition) is 0. The SMILES string of the molecule is Cn1c(=O)n(Cc2ccc(Br)cc2)c(=O)c2ccc(F)cc21. The van der Waals surface area contributed by atoms with Crippen molar-refractivity contribution in [3.8, 4) is 0 Å². The Labute approximate surface area is 133 Å². The normalized spacial score (nSPS) is 11.0. The Kier molecular flexibility index (Phi) is 3.70. The van der Waals surface area contributed by atoms with Crippen molar-refractivity contribution in [3.05, 3.63) is 79.2 Å². The van der Waals surface area contributed by atoms with E-state index in [1.165, 1.54) is 29.8 Å². The summed E-state index contributed by atoms with van der Waals surface area (Å²) in [7, 11) is 1.53. The lowest BCUT2D eigenvalue weighted by atomic mass is 10.2. The van der Waals surface area contributed by atoms with Crippen molar-refractivity contribution >= 4 is 26.8 Å². The third kappa shape index (κ3) is 2.50. The van der Waals surface area contributed by atoms with E-state index in [4.69, 9.17) is 0 Å². The number of halogens is 2. The second-order valence-electron chi connectivity index (χ2n) is 5.02. The summed E-state index contributed by atoms with van der Waals surface area (Å²) in [4.78, 5) is 24.9. The predicted molar refractivity (Wildman–Crippen MR) is 86.7 cm³/mol. The molecule has 4 nitrogen and oxygen atoms in total. The summed E-state index contributed by atoms with van der Waals surface area (Å²) in [5.74, 6) is -0.479. The summed E-state index contributed by atoms with van der Waals surface area (Å²) in [6, 6.07) is 11.2. The van der Waals surface area contributed by atoms with Crippen molar-refractivity contribution in [2.24, 2.45) is 7.05 Å². The maximum Gasteiger partial charge on any atom is 0.331 e. The van der Waals surface area contributed by atoms with Gasteiger partial charge in [0.25, 0.3) is 5.56 Å². The second-order valence-corrected chi connectivity index (χ2v) is 5.94. The quantitative estimate of drug-likeness (QED) is 0.703. The minimum atomic E-state index is -0.479. The van der Waals surface area contributed by atoms with Crippen LogP contribution in [-0.4, -0.2) is 9.13 Å². The summed E-state index contributed by atoms with van der Waals surface area (Å²) in [5, 5.41) is 0.320. The van der Waals surface area contributed by atoms with Crippen LogP contribution in [0.5, 0.6) is 0 Å². The highest BCUT2D eigenvalue weighted by Gasteiger charge is 2.12. The highest BCUT2D eigenvalue weighted by molar-refractivity contribution is 9.10. The lowest BCUT2D eigenvalue weighted by molar-refractivity contribution is 0.624. The Hall–Kier alpha value is -2.21. The molecule has 0 spiro atoms. The molecule has 0 radical (unpaired) electrons. The van der Waals surface area contributed by atoms with E-state index in [0.717, 1.165) is 14.6 Å². The van der Waals surface area contributed by atoms with Crippen LogP contribution >= 0.6 is 15.9 Å². The molecule has 112 valence electrons. The van der Waals surface area contributed by atoms with Crippen LogP contribution in [0, 0.1) is 5.82 Å². The number of aryl methyl sites for hydroxylation is 1. The largest absolute Gasteiger partial charge is 0.331 e. The molecule has 0 aliphatic rings. The van der Waals surface area contributed by atoms with Crippen molar-refractivity contribution in [2.45, 2.75) is 6.54 Å². The van der Waals surface area contributed by atoms with E-state index in [2.05, 4.69) is 15.9 Å². The Bertz CT molecular complexity index is 974. The third-order valence-electron chi connectivity index (χ3n) is 3.57. The van der Waals surface area contributed by atoms with Crippen LogP contribution in [0.2, 0.25) is 0 Å². The van der Waals surface area contributed by atoms with Gasteiger partial charge in [-0.05, 0) is 35.9 Å². The Morgan fingerprint density at radius 1 is 1.09 bits per heavy atom. The van der Waals surface area contributed by atoms with Crippen molar-refractivity contribution in [1.82, 2.24) is 9.13 Å². The predicted octanol–water partition coefficient (Wildman–Crippen LogP) is 2.65. The Morgan fingerprint density at radius 2 is 1.77 bits per heavy atom. The molecule has 3 rings (SSSR count). The molecular weight excluding hydrogens is 351 g/mol. The summed E-state index contributed by atoms with van der Waals surface area (Å²) < 4.78 is 16.7. The van der Waals surface area contributed by atoms with Gasteiger partial charge in [-0.1, -0.05) is 28.1 Å². The smallest absolute Gasteiger partial charge is 0.296 e. The summed E-state index contributed by atoms with van der Waals surface area (Å²) >= 11 is 3.34. The molecule has 0 aliphatic carbocycles. The number of aromatic nitrogens is 2. The molecule has 6 heteroatoms. The first kappa shape index (κ1) is 14.7. The van der Waals surface area contributed by atoms with Crippen LogP contribution in [0.3, 0.4) is 0 Å². The fourth-order valence-electron chi connectivity index (χ4n) is 2.39. The van der Waals surface area contributed by atoms with Gasteiger partial charge in [0.1, 0.15) is 5.82 Å². The first-order chi connectivity index (χ1) is 10.5. The summed E-state index contributed by atoms with van der Waals surface area (Å²) in [6.45, 7) is 0.173. The fourth-order valence-corrected chi connectivity index (χ4v) is 2.66. The minimum absolute atomic E-state index is 0.173. The van der Waals surface area contributed by atoms with E-state index in [1.54, 1.807) is 0 Å². The number of hydrogen-bond acceptors (Lipinski definition) is 2. The fraction of sp³-hybridized carbons (Fsp3) is 0.125. The van der Waals surface area contributed by atoms with Gasteiger partial charge in [0.05, 0.1) is 17.4 Å². The Balaban J connectivity index is 2.22. The van der Waals surface area contributed by atoms with E-state index < -0.39 is 17.1 Å². The molecule has 1 heterocycles. The number of nitrogens with zero attached hydrogens (tertiary/aromatic N) is 2. The van der Waals surface area contributed by atoms with Crippen LogP contribution in [-0.2, 0) is 13.6 Å². The standard InChI is InChI=1S/C16H12BrFN2O2/c1-19-14-8-12(18)6-7-13(14)15(21)20(16(19)22)9-10-2-4-11(17)5-3-10/h2-8H,9H2,1H3. The van der Waals surface area contributed by atoms with Gasteiger partial charge >= 0.3 is 5.69 Å². The van der Waals surface area contributed by atoms with Gasteiger partial charge < -0.3 is 0 Å². The van der Waals surface area contributed by atoms with Gasteiger partial charge in [-0.15, -0.1) is 0 Å². The highest BCUT2D eigenvalue weighted by Crippen LogP contribution is 2.12. The summed E-state index contributed by atoms with van der Waals surface area (Å²) in [5.41, 5.74) is 0.248. The molecular formula is C16H12BrFN2O2. The zero-order valence-electron chi connectivity index (χ0n) is 11.7. The average Bonchev–Trinajstić information content (AvgIpc) is 2.51. The maximum absolute atomic E-state index is 13.3. The van der Waals surface area contributed by atoms with E-state index in [-0.39, 0.29) is 6.54 Å².